The number of nitrogens with zero attached hydrogens (tertiary/aromatic N) is 1. The number of benzene rings is 1. The molecule has 4 N–H and O–H groups in total. The second-order valence-electron chi connectivity index (χ2n) is 9.79. The molecule has 0 bridgehead atoms. The number of amidine groups is 1. The highest BCUT2D eigenvalue weighted by Gasteiger charge is 2.36. The molecule has 2 aliphatic rings. The molecule has 1 atom stereocenters. The molecule has 1 fully saturated rings. The number of halogens is 1. The molecule has 3 rings (SSSR count). The molecule has 1 aromatic rings. The van der Waals surface area contributed by atoms with Gasteiger partial charge in [-0.15, -0.1) is 0 Å². The molecule has 0 saturated heterocycles. The predicted octanol–water partition coefficient (Wildman–Crippen LogP) is 3.75. The maximum atomic E-state index is 13.2. The van der Waals surface area contributed by atoms with E-state index in [0.29, 0.717) is 35.4 Å². The van der Waals surface area contributed by atoms with Crippen molar-refractivity contribution in [2.45, 2.75) is 64.0 Å². The van der Waals surface area contributed by atoms with E-state index in [4.69, 9.17) is 21.7 Å². The molecular formula is C26H35ClN4O4. The summed E-state index contributed by atoms with van der Waals surface area (Å²) in [5.41, 5.74) is -0.895. The Labute approximate surface area is 211 Å². The van der Waals surface area contributed by atoms with Gasteiger partial charge in [-0.3, -0.25) is 15.0 Å². The van der Waals surface area contributed by atoms with E-state index < -0.39 is 17.6 Å². The van der Waals surface area contributed by atoms with Gasteiger partial charge in [-0.1, -0.05) is 55.8 Å². The van der Waals surface area contributed by atoms with E-state index in [1.165, 1.54) is 29.7 Å². The third-order valence-corrected chi connectivity index (χ3v) is 6.40. The maximum absolute atomic E-state index is 13.2. The van der Waals surface area contributed by atoms with Crippen molar-refractivity contribution in [1.82, 2.24) is 15.5 Å². The molecule has 35 heavy (non-hydrogen) atoms. The summed E-state index contributed by atoms with van der Waals surface area (Å²) in [5.74, 6) is 0.438. The lowest BCUT2D eigenvalue weighted by Crippen LogP contribution is -2.50. The summed E-state index contributed by atoms with van der Waals surface area (Å²) in [6.45, 7) is 3.80. The number of hydrogen-bond acceptors (Lipinski definition) is 6. The van der Waals surface area contributed by atoms with Gasteiger partial charge < -0.3 is 25.4 Å². The first-order valence-corrected chi connectivity index (χ1v) is 12.5. The Morgan fingerprint density at radius 3 is 2.71 bits per heavy atom. The molecule has 0 spiro atoms. The van der Waals surface area contributed by atoms with E-state index >= 15 is 0 Å². The summed E-state index contributed by atoms with van der Waals surface area (Å²) in [7, 11) is 0. The highest BCUT2D eigenvalue weighted by atomic mass is 35.5. The fourth-order valence-electron chi connectivity index (χ4n) is 4.33. The number of ether oxygens (including phenoxy) is 1. The first-order valence-electron chi connectivity index (χ1n) is 12.1. The van der Waals surface area contributed by atoms with Gasteiger partial charge in [0.2, 0.25) is 5.91 Å². The first-order chi connectivity index (χ1) is 16.6. The van der Waals surface area contributed by atoms with Crippen molar-refractivity contribution < 1.29 is 19.4 Å². The highest BCUT2D eigenvalue weighted by Crippen LogP contribution is 2.31. The van der Waals surface area contributed by atoms with Gasteiger partial charge >= 0.3 is 0 Å². The number of carbonyl (C=O) groups excluding carboxylic acids is 2. The van der Waals surface area contributed by atoms with Crippen LogP contribution in [0.1, 0.15) is 52.4 Å². The fraction of sp³-hybridized carbons (Fsp3) is 0.500. The van der Waals surface area contributed by atoms with Gasteiger partial charge in [0.15, 0.2) is 0 Å². The van der Waals surface area contributed by atoms with E-state index in [0.717, 1.165) is 25.7 Å². The molecule has 0 radical (unpaired) electrons. The number of carbonyl (C=O) groups is 2. The Bertz CT molecular complexity index is 980. The molecule has 0 unspecified atom stereocenters. The van der Waals surface area contributed by atoms with E-state index in [2.05, 4.69) is 10.6 Å². The molecule has 2 amide bonds. The molecule has 1 aromatic carbocycles. The normalized spacial score (nSPS) is 17.9. The third kappa shape index (κ3) is 8.40. The van der Waals surface area contributed by atoms with Crippen molar-refractivity contribution in [3.8, 4) is 5.75 Å². The predicted molar refractivity (Wildman–Crippen MR) is 136 cm³/mol. The zero-order valence-corrected chi connectivity index (χ0v) is 21.1. The monoisotopic (exact) mass is 502 g/mol. The summed E-state index contributed by atoms with van der Waals surface area (Å²) in [4.78, 5) is 27.7. The zero-order chi connectivity index (χ0) is 25.4. The van der Waals surface area contributed by atoms with Crippen LogP contribution >= 0.6 is 11.6 Å². The van der Waals surface area contributed by atoms with Crippen molar-refractivity contribution in [3.05, 3.63) is 53.4 Å². The lowest BCUT2D eigenvalue weighted by Gasteiger charge is -2.31. The maximum Gasteiger partial charge on any atom is 0.251 e. The standard InChI is InChI=1S/C26H35ClN4O4/c1-26(2,34)17-29-13-12-23(28)30-25(33)21(14-18-8-4-3-5-9-18)31-16-19(15-24(31)32)35-22-11-7-6-10-20(22)27/h6-7,10-13,15,18,21,29,34H,3-5,8-9,14,16-17H2,1-2H3,(H2,28,30,33)/b13-12-/t21-/m0/s1. The van der Waals surface area contributed by atoms with Crippen LogP contribution in [0.3, 0.4) is 0 Å². The minimum atomic E-state index is -0.895. The second kappa shape index (κ2) is 12.2. The number of rotatable bonds is 10. The number of hydrogen-bond donors (Lipinski definition) is 4. The Morgan fingerprint density at radius 2 is 2.03 bits per heavy atom. The van der Waals surface area contributed by atoms with Crippen molar-refractivity contribution in [1.29, 1.82) is 5.41 Å². The number of aliphatic hydroxyl groups is 1. The molecule has 1 saturated carbocycles. The summed E-state index contributed by atoms with van der Waals surface area (Å²) >= 11 is 6.19. The Balaban J connectivity index is 1.66. The van der Waals surface area contributed by atoms with Crippen LogP contribution in [0.15, 0.2) is 48.4 Å². The quantitative estimate of drug-likeness (QED) is 0.287. The fourth-order valence-corrected chi connectivity index (χ4v) is 4.50. The molecule has 0 aromatic heterocycles. The molecule has 1 aliphatic carbocycles. The van der Waals surface area contributed by atoms with Gasteiger partial charge in [0, 0.05) is 18.8 Å². The van der Waals surface area contributed by atoms with Crippen molar-refractivity contribution >= 4 is 29.3 Å². The van der Waals surface area contributed by atoms with Gasteiger partial charge in [0.1, 0.15) is 23.4 Å². The molecule has 1 aliphatic heterocycles. The van der Waals surface area contributed by atoms with Crippen molar-refractivity contribution in [3.63, 3.8) is 0 Å². The molecule has 8 nitrogen and oxygen atoms in total. The molecule has 1 heterocycles. The Hall–Kier alpha value is -2.84. The second-order valence-corrected chi connectivity index (χ2v) is 10.2. The summed E-state index contributed by atoms with van der Waals surface area (Å²) in [6.07, 6.45) is 10.4. The Morgan fingerprint density at radius 1 is 1.31 bits per heavy atom. The van der Waals surface area contributed by atoms with Crippen LogP contribution in [0.2, 0.25) is 5.02 Å². The minimum absolute atomic E-state index is 0.0981. The van der Waals surface area contributed by atoms with E-state index in [9.17, 15) is 14.7 Å². The minimum Gasteiger partial charge on any atom is -0.458 e. The third-order valence-electron chi connectivity index (χ3n) is 6.09. The molecule has 190 valence electrons. The summed E-state index contributed by atoms with van der Waals surface area (Å²) in [5, 5.41) is 23.8. The summed E-state index contributed by atoms with van der Waals surface area (Å²) in [6, 6.07) is 6.31. The zero-order valence-electron chi connectivity index (χ0n) is 20.4. The molecule has 9 heteroatoms. The van der Waals surface area contributed by atoms with Crippen molar-refractivity contribution in [2.75, 3.05) is 13.1 Å². The van der Waals surface area contributed by atoms with Gasteiger partial charge in [-0.05, 0) is 44.4 Å². The lowest BCUT2D eigenvalue weighted by molar-refractivity contribution is -0.135. The Kier molecular flexibility index (Phi) is 9.34. The van der Waals surface area contributed by atoms with Gasteiger partial charge in [-0.2, -0.15) is 0 Å². The van der Waals surface area contributed by atoms with E-state index in [1.807, 2.05) is 0 Å². The van der Waals surface area contributed by atoms with Crippen LogP contribution in [0, 0.1) is 11.3 Å². The van der Waals surface area contributed by atoms with Crippen LogP contribution in [-0.4, -0.2) is 52.4 Å². The van der Waals surface area contributed by atoms with E-state index in [1.54, 1.807) is 38.1 Å². The van der Waals surface area contributed by atoms with Gasteiger partial charge in [0.25, 0.3) is 5.91 Å². The van der Waals surface area contributed by atoms with Crippen LogP contribution in [0.4, 0.5) is 0 Å². The van der Waals surface area contributed by atoms with Crippen LogP contribution < -0.4 is 15.4 Å². The van der Waals surface area contributed by atoms with Crippen LogP contribution in [0.25, 0.3) is 0 Å². The largest absolute Gasteiger partial charge is 0.458 e. The smallest absolute Gasteiger partial charge is 0.251 e. The first kappa shape index (κ1) is 26.8. The number of amides is 2. The average Bonchev–Trinajstić information content (AvgIpc) is 3.16. The van der Waals surface area contributed by atoms with Gasteiger partial charge in [-0.25, -0.2) is 0 Å². The number of para-hydroxylation sites is 1. The molecular weight excluding hydrogens is 468 g/mol. The van der Waals surface area contributed by atoms with E-state index in [-0.39, 0.29) is 18.3 Å². The van der Waals surface area contributed by atoms with Crippen LogP contribution in [-0.2, 0) is 9.59 Å². The van der Waals surface area contributed by atoms with Crippen molar-refractivity contribution in [2.24, 2.45) is 5.92 Å². The topological polar surface area (TPSA) is 115 Å². The van der Waals surface area contributed by atoms with Gasteiger partial charge in [0.05, 0.1) is 17.2 Å². The number of nitrogens with one attached hydrogen (secondary N) is 3. The van der Waals surface area contributed by atoms with Crippen LogP contribution in [0.5, 0.6) is 5.75 Å². The average molecular weight is 503 g/mol. The highest BCUT2D eigenvalue weighted by molar-refractivity contribution is 6.32. The summed E-state index contributed by atoms with van der Waals surface area (Å²) < 4.78 is 5.85. The SMILES string of the molecule is CC(C)(O)CN/C=C\C(=N)NC(=O)[C@H](CC1CCCCC1)N1CC(Oc2ccccc2Cl)=CC1=O. The lowest BCUT2D eigenvalue weighted by atomic mass is 9.84.